The molecular weight excluding hydrogens is 588 g/mol. The number of pyridine rings is 2. The van der Waals surface area contributed by atoms with Gasteiger partial charge in [0.25, 0.3) is 5.91 Å². The first kappa shape index (κ1) is 32.2. The molecule has 0 aliphatic carbocycles. The second-order valence-corrected chi connectivity index (χ2v) is 11.9. The van der Waals surface area contributed by atoms with E-state index in [1.54, 1.807) is 24.5 Å². The van der Waals surface area contributed by atoms with Crippen LogP contribution in [0.3, 0.4) is 0 Å². The van der Waals surface area contributed by atoms with E-state index in [4.69, 9.17) is 9.47 Å². The minimum absolute atomic E-state index is 0.0104. The number of benzene rings is 3. The van der Waals surface area contributed by atoms with E-state index >= 15 is 0 Å². The van der Waals surface area contributed by atoms with Gasteiger partial charge in [0, 0.05) is 62.3 Å². The Balaban J connectivity index is 1.14. The first-order valence-corrected chi connectivity index (χ1v) is 16.0. The zero-order chi connectivity index (χ0) is 32.4. The highest BCUT2D eigenvalue weighted by molar-refractivity contribution is 5.93. The Labute approximate surface area is 276 Å². The summed E-state index contributed by atoms with van der Waals surface area (Å²) < 4.78 is 13.2. The summed E-state index contributed by atoms with van der Waals surface area (Å²) in [6.45, 7) is 2.07. The molecule has 3 aromatic carbocycles. The Bertz CT molecular complexity index is 1720. The van der Waals surface area contributed by atoms with Gasteiger partial charge in [0.05, 0.1) is 24.4 Å². The van der Waals surface area contributed by atoms with Gasteiger partial charge in [-0.15, -0.1) is 0 Å². The molecule has 3 atom stereocenters. The lowest BCUT2D eigenvalue weighted by Crippen LogP contribution is -2.38. The molecule has 1 aliphatic rings. The van der Waals surface area contributed by atoms with Crippen molar-refractivity contribution in [2.75, 3.05) is 20.1 Å². The van der Waals surface area contributed by atoms with Gasteiger partial charge in [-0.1, -0.05) is 72.8 Å². The summed E-state index contributed by atoms with van der Waals surface area (Å²) in [7, 11) is 2.12. The van der Waals surface area contributed by atoms with Gasteiger partial charge in [-0.3, -0.25) is 14.8 Å². The van der Waals surface area contributed by atoms with Crippen LogP contribution >= 0.6 is 0 Å². The van der Waals surface area contributed by atoms with E-state index in [0.717, 1.165) is 65.0 Å². The van der Waals surface area contributed by atoms with E-state index in [1.807, 2.05) is 54.7 Å². The van der Waals surface area contributed by atoms with Crippen LogP contribution in [-0.4, -0.2) is 52.1 Å². The van der Waals surface area contributed by atoms with E-state index < -0.39 is 6.29 Å². The molecule has 2 N–H and O–H groups in total. The summed E-state index contributed by atoms with van der Waals surface area (Å²) in [4.78, 5) is 23.3. The number of likely N-dealkylation sites (N-methyl/N-ethyl adjacent to an activating group) is 1. The van der Waals surface area contributed by atoms with Gasteiger partial charge in [-0.2, -0.15) is 0 Å². The van der Waals surface area contributed by atoms with Crippen LogP contribution in [0.5, 0.6) is 0 Å². The van der Waals surface area contributed by atoms with Crippen LogP contribution in [0.25, 0.3) is 11.1 Å². The number of carbonyl (C=O) groups is 1. The molecule has 0 bridgehead atoms. The van der Waals surface area contributed by atoms with Gasteiger partial charge in [0.2, 0.25) is 0 Å². The second-order valence-electron chi connectivity index (χ2n) is 11.9. The number of aliphatic hydroxyl groups excluding tert-OH is 1. The summed E-state index contributed by atoms with van der Waals surface area (Å²) in [5.74, 6) is -0.152. The Hall–Kier alpha value is -4.73. The molecule has 240 valence electrons. The molecule has 1 amide bonds. The number of hydrogen-bond acceptors (Lipinski definition) is 7. The number of aliphatic hydroxyl groups is 1. The average Bonchev–Trinajstić information content (AvgIpc) is 3.14. The van der Waals surface area contributed by atoms with Gasteiger partial charge < -0.3 is 24.8 Å². The number of hydrogen-bond donors (Lipinski definition) is 2. The minimum atomic E-state index is -0.525. The van der Waals surface area contributed by atoms with Gasteiger partial charge in [-0.25, -0.2) is 0 Å². The third-order valence-electron chi connectivity index (χ3n) is 8.43. The number of rotatable bonds is 12. The van der Waals surface area contributed by atoms with Crippen LogP contribution in [0.4, 0.5) is 0 Å². The summed E-state index contributed by atoms with van der Waals surface area (Å²) in [6, 6.07) is 34.0. The molecule has 0 unspecified atom stereocenters. The van der Waals surface area contributed by atoms with Gasteiger partial charge in [0.1, 0.15) is 0 Å². The topological polar surface area (TPSA) is 96.8 Å². The predicted octanol–water partition coefficient (Wildman–Crippen LogP) is 6.29. The van der Waals surface area contributed by atoms with Crippen LogP contribution in [0.1, 0.15) is 57.1 Å². The Morgan fingerprint density at radius 2 is 1.70 bits per heavy atom. The summed E-state index contributed by atoms with van der Waals surface area (Å²) in [6.07, 6.45) is 5.94. The second kappa shape index (κ2) is 15.7. The van der Waals surface area contributed by atoms with Crippen LogP contribution in [0.15, 0.2) is 122 Å². The average molecular weight is 629 g/mol. The quantitative estimate of drug-likeness (QED) is 0.168. The first-order valence-electron chi connectivity index (χ1n) is 16.0. The van der Waals surface area contributed by atoms with Crippen molar-refractivity contribution in [2.24, 2.45) is 0 Å². The van der Waals surface area contributed by atoms with E-state index in [2.05, 4.69) is 69.7 Å². The van der Waals surface area contributed by atoms with Crippen molar-refractivity contribution in [3.05, 3.63) is 155 Å². The molecule has 47 heavy (non-hydrogen) atoms. The Morgan fingerprint density at radius 1 is 0.872 bits per heavy atom. The van der Waals surface area contributed by atoms with Crippen molar-refractivity contribution >= 4 is 5.91 Å². The highest BCUT2D eigenvalue weighted by atomic mass is 16.7. The molecule has 1 aliphatic heterocycles. The van der Waals surface area contributed by atoms with Gasteiger partial charge >= 0.3 is 0 Å². The Morgan fingerprint density at radius 3 is 2.45 bits per heavy atom. The van der Waals surface area contributed by atoms with Gasteiger partial charge in [-0.05, 0) is 65.2 Å². The third-order valence-corrected chi connectivity index (χ3v) is 8.43. The molecular formula is C39H40N4O4. The number of nitrogens with one attached hydrogen (secondary N) is 1. The number of nitrogens with zero attached hydrogens (tertiary/aromatic N) is 3. The summed E-state index contributed by atoms with van der Waals surface area (Å²) in [5, 5.41) is 12.5. The monoisotopic (exact) mass is 628 g/mol. The van der Waals surface area contributed by atoms with Crippen molar-refractivity contribution in [2.45, 2.75) is 44.5 Å². The molecule has 1 saturated heterocycles. The number of ether oxygens (including phenoxy) is 2. The van der Waals surface area contributed by atoms with E-state index in [1.165, 1.54) is 0 Å². The number of aromatic nitrogens is 2. The normalized spacial score (nSPS) is 17.8. The number of amides is 1. The zero-order valence-electron chi connectivity index (χ0n) is 26.5. The van der Waals surface area contributed by atoms with Crippen LogP contribution < -0.4 is 5.32 Å². The maximum Gasteiger partial charge on any atom is 0.253 e. The third kappa shape index (κ3) is 8.75. The zero-order valence-corrected chi connectivity index (χ0v) is 26.5. The van der Waals surface area contributed by atoms with Crippen LogP contribution in [-0.2, 0) is 29.0 Å². The largest absolute Gasteiger partial charge is 0.392 e. The lowest BCUT2D eigenvalue weighted by atomic mass is 9.99. The van der Waals surface area contributed by atoms with E-state index in [0.29, 0.717) is 12.1 Å². The summed E-state index contributed by atoms with van der Waals surface area (Å²) in [5.41, 5.74) is 7.64. The molecule has 0 radical (unpaired) electrons. The number of carbonyl (C=O) groups excluding carboxylic acids is 1. The first-order chi connectivity index (χ1) is 23.0. The fraction of sp³-hybridized carbons (Fsp3) is 0.256. The van der Waals surface area contributed by atoms with E-state index in [-0.39, 0.29) is 24.7 Å². The maximum atomic E-state index is 12.5. The fourth-order valence-electron chi connectivity index (χ4n) is 5.80. The lowest BCUT2D eigenvalue weighted by molar-refractivity contribution is -0.252. The van der Waals surface area contributed by atoms with E-state index in [9.17, 15) is 9.90 Å². The standard InChI is InChI=1S/C39H40N4O4/c1-43(21-18-35-9-2-3-20-41-35)26-36-23-37(31-12-10-28(27-44)11-13-31)47-39(46-36)32-16-14-30(15-17-32)33-7-4-6-29(22-33)24-42-38(45)34-8-5-19-40-25-34/h2-17,19-20,22,25,36-37,39,44H,18,21,23-24,26-27H2,1H3,(H,42,45)/t36-,37+,39+/m1/s1. The SMILES string of the molecule is CN(CCc1ccccn1)C[C@H]1C[C@@H](c2ccc(CO)cc2)O[C@@H](c2ccc(-c3cccc(CNC(=O)c4cccnc4)c3)cc2)O1. The molecule has 3 heterocycles. The van der Waals surface area contributed by atoms with Crippen molar-refractivity contribution < 1.29 is 19.4 Å². The molecule has 5 aromatic rings. The lowest BCUT2D eigenvalue weighted by Gasteiger charge is -2.38. The molecule has 0 saturated carbocycles. The van der Waals surface area contributed by atoms with Crippen LogP contribution in [0, 0.1) is 0 Å². The maximum absolute atomic E-state index is 12.5. The summed E-state index contributed by atoms with van der Waals surface area (Å²) >= 11 is 0. The smallest absolute Gasteiger partial charge is 0.253 e. The van der Waals surface area contributed by atoms with Crippen molar-refractivity contribution in [1.29, 1.82) is 0 Å². The minimum Gasteiger partial charge on any atom is -0.392 e. The Kier molecular flexibility index (Phi) is 10.8. The van der Waals surface area contributed by atoms with Crippen LogP contribution in [0.2, 0.25) is 0 Å². The highest BCUT2D eigenvalue weighted by Crippen LogP contribution is 2.38. The molecule has 8 heteroatoms. The predicted molar refractivity (Wildman–Crippen MR) is 181 cm³/mol. The molecule has 0 spiro atoms. The fourth-order valence-corrected chi connectivity index (χ4v) is 5.80. The highest BCUT2D eigenvalue weighted by Gasteiger charge is 2.32. The van der Waals surface area contributed by atoms with Crippen molar-refractivity contribution in [3.8, 4) is 11.1 Å². The van der Waals surface area contributed by atoms with Crippen molar-refractivity contribution in [3.63, 3.8) is 0 Å². The van der Waals surface area contributed by atoms with Crippen molar-refractivity contribution in [1.82, 2.24) is 20.2 Å². The van der Waals surface area contributed by atoms with Gasteiger partial charge in [0.15, 0.2) is 6.29 Å². The molecule has 6 rings (SSSR count). The molecule has 1 fully saturated rings. The molecule has 2 aromatic heterocycles. The molecule has 8 nitrogen and oxygen atoms in total.